The first-order valence-corrected chi connectivity index (χ1v) is 11.6. The number of nitrogens with two attached hydrogens (primary N) is 1. The minimum absolute atomic E-state index is 0.0386. The van der Waals surface area contributed by atoms with Crippen LogP contribution in [0.1, 0.15) is 28.0 Å². The second kappa shape index (κ2) is 10.8. The van der Waals surface area contributed by atoms with Gasteiger partial charge in [0, 0.05) is 52.7 Å². The number of carbonyl (C=O) groups excluding carboxylic acids is 2. The smallest absolute Gasteiger partial charge is 0.307 e. The van der Waals surface area contributed by atoms with Gasteiger partial charge in [0.1, 0.15) is 5.84 Å². The number of hydrogen-bond donors (Lipinski definition) is 3. The molecule has 0 bridgehead atoms. The summed E-state index contributed by atoms with van der Waals surface area (Å²) in [6.45, 7) is 0.809. The molecule has 0 aliphatic heterocycles. The Labute approximate surface area is 209 Å². The molecule has 1 heterocycles. The predicted molar refractivity (Wildman–Crippen MR) is 142 cm³/mol. The van der Waals surface area contributed by atoms with Gasteiger partial charge in [0.2, 0.25) is 0 Å². The molecule has 4 N–H and O–H groups in total. The minimum atomic E-state index is -0.365. The molecule has 0 saturated heterocycles. The Morgan fingerprint density at radius 1 is 1.00 bits per heavy atom. The van der Waals surface area contributed by atoms with Gasteiger partial charge in [0.05, 0.1) is 20.1 Å². The highest BCUT2D eigenvalue weighted by atomic mass is 16.5. The van der Waals surface area contributed by atoms with Gasteiger partial charge in [-0.15, -0.1) is 0 Å². The van der Waals surface area contributed by atoms with Crippen LogP contribution >= 0.6 is 0 Å². The maximum atomic E-state index is 13.5. The topological polar surface area (TPSA) is 113 Å². The molecule has 4 rings (SSSR count). The number of hydrogen-bond acceptors (Lipinski definition) is 5. The van der Waals surface area contributed by atoms with Crippen molar-refractivity contribution in [1.82, 2.24) is 4.57 Å². The summed E-state index contributed by atoms with van der Waals surface area (Å²) in [5, 5.41) is 11.9. The molecule has 0 aliphatic rings. The summed E-state index contributed by atoms with van der Waals surface area (Å²) in [4.78, 5) is 26.9. The number of aryl methyl sites for hydroxylation is 1. The second-order valence-corrected chi connectivity index (χ2v) is 8.43. The highest BCUT2D eigenvalue weighted by Gasteiger charge is 2.20. The average molecular weight is 484 g/mol. The van der Waals surface area contributed by atoms with Gasteiger partial charge in [-0.1, -0.05) is 18.2 Å². The van der Waals surface area contributed by atoms with Crippen LogP contribution < -0.4 is 16.0 Å². The number of methoxy groups -OCH3 is 1. The molecule has 0 radical (unpaired) electrons. The number of fused-ring (bicyclic) bond motifs is 1. The maximum Gasteiger partial charge on any atom is 0.307 e. The summed E-state index contributed by atoms with van der Waals surface area (Å²) in [5.74, 6) is -0.506. The number of esters is 1. The Kier molecular flexibility index (Phi) is 7.34. The summed E-state index contributed by atoms with van der Waals surface area (Å²) < 4.78 is 6.86. The number of anilines is 2. The van der Waals surface area contributed by atoms with Gasteiger partial charge in [-0.2, -0.15) is 0 Å². The van der Waals surface area contributed by atoms with E-state index < -0.39 is 0 Å². The van der Waals surface area contributed by atoms with E-state index in [1.807, 2.05) is 79.8 Å². The molecule has 0 spiro atoms. The summed E-state index contributed by atoms with van der Waals surface area (Å²) in [5.41, 5.74) is 10.5. The first kappa shape index (κ1) is 24.5. The van der Waals surface area contributed by atoms with Gasteiger partial charge in [-0.05, 0) is 60.7 Å². The van der Waals surface area contributed by atoms with Gasteiger partial charge in [-0.25, -0.2) is 0 Å². The van der Waals surface area contributed by atoms with E-state index in [9.17, 15) is 9.59 Å². The zero-order valence-electron chi connectivity index (χ0n) is 20.3. The maximum absolute atomic E-state index is 13.5. The van der Waals surface area contributed by atoms with Crippen LogP contribution in [0.2, 0.25) is 0 Å². The van der Waals surface area contributed by atoms with Gasteiger partial charge >= 0.3 is 5.97 Å². The Morgan fingerprint density at radius 3 is 2.36 bits per heavy atom. The minimum Gasteiger partial charge on any atom is -0.469 e. The van der Waals surface area contributed by atoms with E-state index in [2.05, 4.69) is 16.0 Å². The highest BCUT2D eigenvalue weighted by molar-refractivity contribution is 6.08. The molecule has 0 aliphatic carbocycles. The summed E-state index contributed by atoms with van der Waals surface area (Å²) >= 11 is 0. The molecule has 36 heavy (non-hydrogen) atoms. The SMILES string of the molecule is COC(=O)CCN(C(=O)c1ccc2c(c1)cc(CNc1ccc(C(=N)N)cc1)n2C)c1ccccc1. The number of amides is 1. The number of rotatable bonds is 9. The van der Waals surface area contributed by atoms with Crippen molar-refractivity contribution in [2.75, 3.05) is 23.9 Å². The Balaban J connectivity index is 1.55. The number of amidine groups is 1. The van der Waals surface area contributed by atoms with Gasteiger partial charge in [0.15, 0.2) is 0 Å². The zero-order chi connectivity index (χ0) is 25.7. The van der Waals surface area contributed by atoms with Crippen LogP contribution in [0.25, 0.3) is 10.9 Å². The third-order valence-electron chi connectivity index (χ3n) is 6.14. The number of ether oxygens (including phenoxy) is 1. The van der Waals surface area contributed by atoms with Crippen LogP contribution in [0.4, 0.5) is 11.4 Å². The van der Waals surface area contributed by atoms with Crippen LogP contribution in [0.15, 0.2) is 78.9 Å². The fraction of sp³-hybridized carbons (Fsp3) is 0.179. The first-order chi connectivity index (χ1) is 17.4. The molecule has 184 valence electrons. The Bertz CT molecular complexity index is 1390. The van der Waals surface area contributed by atoms with Crippen LogP contribution in [-0.4, -0.2) is 35.9 Å². The molecule has 0 atom stereocenters. The normalized spacial score (nSPS) is 10.7. The monoisotopic (exact) mass is 483 g/mol. The molecule has 1 aromatic heterocycles. The van der Waals surface area contributed by atoms with Gasteiger partial charge in [0.25, 0.3) is 5.91 Å². The van der Waals surface area contributed by atoms with E-state index in [0.29, 0.717) is 17.7 Å². The third kappa shape index (κ3) is 5.38. The lowest BCUT2D eigenvalue weighted by Crippen LogP contribution is -2.33. The highest BCUT2D eigenvalue weighted by Crippen LogP contribution is 2.24. The van der Waals surface area contributed by atoms with Crippen LogP contribution in [0.5, 0.6) is 0 Å². The lowest BCUT2D eigenvalue weighted by molar-refractivity contribution is -0.140. The molecule has 0 fully saturated rings. The molecule has 8 heteroatoms. The van der Waals surface area contributed by atoms with Gasteiger partial charge in [-0.3, -0.25) is 15.0 Å². The summed E-state index contributed by atoms with van der Waals surface area (Å²) in [6, 6.07) is 24.4. The largest absolute Gasteiger partial charge is 0.469 e. The van der Waals surface area contributed by atoms with Crippen molar-refractivity contribution >= 4 is 40.0 Å². The van der Waals surface area contributed by atoms with Crippen molar-refractivity contribution in [1.29, 1.82) is 5.41 Å². The number of benzene rings is 3. The molecule has 0 saturated carbocycles. The molecular formula is C28H29N5O3. The Morgan fingerprint density at radius 2 is 1.69 bits per heavy atom. The number of aromatic nitrogens is 1. The van der Waals surface area contributed by atoms with E-state index in [-0.39, 0.29) is 30.7 Å². The van der Waals surface area contributed by atoms with Crippen molar-refractivity contribution in [3.63, 3.8) is 0 Å². The first-order valence-electron chi connectivity index (χ1n) is 11.6. The number of nitrogens with zero attached hydrogens (tertiary/aromatic N) is 2. The third-order valence-corrected chi connectivity index (χ3v) is 6.14. The molecular weight excluding hydrogens is 454 g/mol. The summed E-state index contributed by atoms with van der Waals surface area (Å²) in [6.07, 6.45) is 0.105. The number of para-hydroxylation sites is 1. The van der Waals surface area contributed by atoms with E-state index in [0.717, 1.165) is 28.0 Å². The summed E-state index contributed by atoms with van der Waals surface area (Å²) in [7, 11) is 3.33. The zero-order valence-corrected chi connectivity index (χ0v) is 20.3. The van der Waals surface area contributed by atoms with Gasteiger partial charge < -0.3 is 25.3 Å². The molecule has 4 aromatic rings. The van der Waals surface area contributed by atoms with E-state index in [4.69, 9.17) is 15.9 Å². The van der Waals surface area contributed by atoms with Crippen molar-refractivity contribution in [2.45, 2.75) is 13.0 Å². The standard InChI is InChI=1S/C28H29N5O3/c1-32-24(18-31-22-11-8-19(9-12-22)27(29)30)17-21-16-20(10-13-25(21)32)28(35)33(15-14-26(34)36-2)23-6-4-3-5-7-23/h3-13,16-17,31H,14-15,18H2,1-2H3,(H3,29,30). The second-order valence-electron chi connectivity index (χ2n) is 8.43. The van der Waals surface area contributed by atoms with E-state index in [1.54, 1.807) is 4.90 Å². The van der Waals surface area contributed by atoms with Crippen LogP contribution in [0, 0.1) is 5.41 Å². The lowest BCUT2D eigenvalue weighted by atomic mass is 10.1. The molecule has 1 amide bonds. The average Bonchev–Trinajstić information content (AvgIpc) is 3.22. The van der Waals surface area contributed by atoms with Crippen LogP contribution in [-0.2, 0) is 23.1 Å². The molecule has 8 nitrogen and oxygen atoms in total. The number of carbonyl (C=O) groups is 2. The van der Waals surface area contributed by atoms with E-state index in [1.165, 1.54) is 7.11 Å². The number of nitrogens with one attached hydrogen (secondary N) is 2. The number of nitrogen functional groups attached to an aromatic ring is 1. The van der Waals surface area contributed by atoms with Crippen LogP contribution in [0.3, 0.4) is 0 Å². The predicted octanol–water partition coefficient (Wildman–Crippen LogP) is 4.28. The Hall–Kier alpha value is -4.59. The van der Waals surface area contributed by atoms with Crippen molar-refractivity contribution in [3.8, 4) is 0 Å². The van der Waals surface area contributed by atoms with Crippen molar-refractivity contribution in [2.24, 2.45) is 12.8 Å². The molecule has 3 aromatic carbocycles. The fourth-order valence-corrected chi connectivity index (χ4v) is 4.09. The fourth-order valence-electron chi connectivity index (χ4n) is 4.09. The van der Waals surface area contributed by atoms with Crippen molar-refractivity contribution in [3.05, 3.63) is 95.7 Å². The lowest BCUT2D eigenvalue weighted by Gasteiger charge is -2.22. The van der Waals surface area contributed by atoms with Crippen molar-refractivity contribution < 1.29 is 14.3 Å². The van der Waals surface area contributed by atoms with E-state index >= 15 is 0 Å². The quantitative estimate of drug-likeness (QED) is 0.187. The molecule has 0 unspecified atom stereocenters.